The molecular weight excluding hydrogens is 492 g/mol. The fourth-order valence-electron chi connectivity index (χ4n) is 4.50. The highest BCUT2D eigenvalue weighted by Crippen LogP contribution is 2.40. The van der Waals surface area contributed by atoms with Crippen molar-refractivity contribution in [2.24, 2.45) is 0 Å². The fraction of sp³-hybridized carbons (Fsp3) is 0.250. The van der Waals surface area contributed by atoms with E-state index in [1.54, 1.807) is 42.5 Å². The van der Waals surface area contributed by atoms with Crippen molar-refractivity contribution in [1.29, 1.82) is 0 Å². The summed E-state index contributed by atoms with van der Waals surface area (Å²) < 4.78 is 11.5. The zero-order valence-corrected chi connectivity index (χ0v) is 22.6. The van der Waals surface area contributed by atoms with Gasteiger partial charge in [-0.05, 0) is 68.5 Å². The number of carbonyl (C=O) groups is 2. The van der Waals surface area contributed by atoms with Gasteiger partial charge >= 0.3 is 0 Å². The highest BCUT2D eigenvalue weighted by atomic mass is 16.5. The minimum atomic E-state index is -0.726. The lowest BCUT2D eigenvalue weighted by atomic mass is 9.95. The predicted octanol–water partition coefficient (Wildman–Crippen LogP) is 5.12. The number of carbonyl (C=O) groups excluding carboxylic acids is 2. The molecule has 1 aliphatic heterocycles. The van der Waals surface area contributed by atoms with Crippen LogP contribution >= 0.6 is 0 Å². The number of ether oxygens (including phenoxy) is 2. The minimum Gasteiger partial charge on any atom is -0.507 e. The van der Waals surface area contributed by atoms with Crippen molar-refractivity contribution in [2.75, 3.05) is 33.8 Å². The van der Waals surface area contributed by atoms with Crippen molar-refractivity contribution in [1.82, 2.24) is 9.80 Å². The van der Waals surface area contributed by atoms with Gasteiger partial charge in [0.2, 0.25) is 0 Å². The molecule has 1 saturated heterocycles. The molecule has 4 rings (SSSR count). The Bertz CT molecular complexity index is 1360. The van der Waals surface area contributed by atoms with Gasteiger partial charge in [0.15, 0.2) is 0 Å². The van der Waals surface area contributed by atoms with Crippen LogP contribution in [0.3, 0.4) is 0 Å². The predicted molar refractivity (Wildman–Crippen MR) is 152 cm³/mol. The molecule has 0 saturated carbocycles. The molecule has 3 aromatic rings. The molecule has 7 nitrogen and oxygen atoms in total. The molecular formula is C32H34N2O5. The lowest BCUT2D eigenvalue weighted by molar-refractivity contribution is -0.140. The number of likely N-dealkylation sites (tertiary alicyclic amines) is 1. The van der Waals surface area contributed by atoms with Crippen LogP contribution in [0.2, 0.25) is 0 Å². The van der Waals surface area contributed by atoms with Gasteiger partial charge in [-0.25, -0.2) is 0 Å². The van der Waals surface area contributed by atoms with Gasteiger partial charge in [0, 0.05) is 18.7 Å². The van der Waals surface area contributed by atoms with E-state index < -0.39 is 17.7 Å². The van der Waals surface area contributed by atoms with Gasteiger partial charge in [-0.15, -0.1) is 0 Å². The summed E-state index contributed by atoms with van der Waals surface area (Å²) in [6.45, 7) is 7.37. The van der Waals surface area contributed by atoms with Crippen LogP contribution in [0.5, 0.6) is 11.5 Å². The molecule has 0 aromatic heterocycles. The fourth-order valence-corrected chi connectivity index (χ4v) is 4.50. The van der Waals surface area contributed by atoms with Crippen LogP contribution in [0, 0.1) is 6.92 Å². The third-order valence-electron chi connectivity index (χ3n) is 6.51. The maximum atomic E-state index is 13.2. The number of aliphatic hydroxyl groups is 1. The van der Waals surface area contributed by atoms with Crippen LogP contribution in [-0.2, 0) is 16.2 Å². The van der Waals surface area contributed by atoms with E-state index in [2.05, 4.69) is 12.6 Å². The van der Waals surface area contributed by atoms with E-state index in [9.17, 15) is 14.7 Å². The van der Waals surface area contributed by atoms with Crippen molar-refractivity contribution < 1.29 is 24.2 Å². The molecule has 0 radical (unpaired) electrons. The molecule has 1 aliphatic rings. The summed E-state index contributed by atoms with van der Waals surface area (Å²) in [5.74, 6) is -0.282. The summed E-state index contributed by atoms with van der Waals surface area (Å²) in [6, 6.07) is 21.4. The van der Waals surface area contributed by atoms with Crippen LogP contribution in [0.1, 0.15) is 28.3 Å². The Kier molecular flexibility index (Phi) is 8.84. The number of ketones is 1. The third-order valence-corrected chi connectivity index (χ3v) is 6.51. The molecule has 0 unspecified atom stereocenters. The number of amides is 1. The van der Waals surface area contributed by atoms with Crippen molar-refractivity contribution in [3.63, 3.8) is 0 Å². The van der Waals surface area contributed by atoms with Crippen LogP contribution in [0.15, 0.2) is 91.0 Å². The van der Waals surface area contributed by atoms with Crippen LogP contribution < -0.4 is 9.47 Å². The van der Waals surface area contributed by atoms with Gasteiger partial charge in [0.1, 0.15) is 30.5 Å². The SMILES string of the molecule is C=CCOc1ccc([C@H]2C(=C(O)c3ccc(OCc4cccc(C)c4)cc3)C(=O)C(=O)N2CCN(C)C)cc1. The number of hydrogen-bond donors (Lipinski definition) is 1. The van der Waals surface area contributed by atoms with E-state index in [1.807, 2.05) is 56.3 Å². The van der Waals surface area contributed by atoms with Gasteiger partial charge in [-0.3, -0.25) is 9.59 Å². The zero-order valence-electron chi connectivity index (χ0n) is 22.6. The first-order chi connectivity index (χ1) is 18.8. The van der Waals surface area contributed by atoms with Gasteiger partial charge < -0.3 is 24.4 Å². The average molecular weight is 527 g/mol. The molecule has 7 heteroatoms. The molecule has 202 valence electrons. The standard InChI is InChI=1S/C32H34N2O5/c1-5-19-38-26-13-9-24(10-14-26)29-28(31(36)32(37)34(29)18-17-33(3)4)30(35)25-11-15-27(16-12-25)39-21-23-8-6-7-22(2)20-23/h5-16,20,29,35H,1,17-19,21H2,2-4H3/t29-/m0/s1. The zero-order chi connectivity index (χ0) is 27.9. The highest BCUT2D eigenvalue weighted by molar-refractivity contribution is 6.46. The Labute approximate surface area is 229 Å². The van der Waals surface area contributed by atoms with E-state index >= 15 is 0 Å². The second kappa shape index (κ2) is 12.5. The molecule has 1 fully saturated rings. The van der Waals surface area contributed by atoms with Crippen LogP contribution in [0.25, 0.3) is 5.76 Å². The van der Waals surface area contributed by atoms with Gasteiger partial charge in [-0.1, -0.05) is 54.6 Å². The Morgan fingerprint density at radius 2 is 1.67 bits per heavy atom. The second-order valence-electron chi connectivity index (χ2n) is 9.77. The highest BCUT2D eigenvalue weighted by Gasteiger charge is 2.45. The van der Waals surface area contributed by atoms with Crippen molar-refractivity contribution in [3.05, 3.63) is 113 Å². The number of rotatable bonds is 11. The molecule has 1 amide bonds. The van der Waals surface area contributed by atoms with Gasteiger partial charge in [0.05, 0.1) is 11.6 Å². The smallest absolute Gasteiger partial charge is 0.295 e. The maximum absolute atomic E-state index is 13.2. The summed E-state index contributed by atoms with van der Waals surface area (Å²) in [7, 11) is 3.81. The lowest BCUT2D eigenvalue weighted by Gasteiger charge is -2.26. The van der Waals surface area contributed by atoms with Gasteiger partial charge in [-0.2, -0.15) is 0 Å². The summed E-state index contributed by atoms with van der Waals surface area (Å²) >= 11 is 0. The summed E-state index contributed by atoms with van der Waals surface area (Å²) in [4.78, 5) is 29.8. The minimum absolute atomic E-state index is 0.0620. The van der Waals surface area contributed by atoms with Crippen LogP contribution in [-0.4, -0.2) is 60.4 Å². The van der Waals surface area contributed by atoms with E-state index in [1.165, 1.54) is 4.90 Å². The normalized spacial score (nSPS) is 16.5. The molecule has 0 aliphatic carbocycles. The Balaban J connectivity index is 1.63. The molecule has 1 heterocycles. The summed E-state index contributed by atoms with van der Waals surface area (Å²) in [5.41, 5.74) is 3.41. The first kappa shape index (κ1) is 27.7. The summed E-state index contributed by atoms with van der Waals surface area (Å²) in [6.07, 6.45) is 1.66. The molecule has 39 heavy (non-hydrogen) atoms. The number of hydrogen-bond acceptors (Lipinski definition) is 6. The largest absolute Gasteiger partial charge is 0.507 e. The number of likely N-dealkylation sites (N-methyl/N-ethyl adjacent to an activating group) is 1. The Morgan fingerprint density at radius 3 is 2.31 bits per heavy atom. The first-order valence-corrected chi connectivity index (χ1v) is 12.8. The maximum Gasteiger partial charge on any atom is 0.295 e. The molecule has 1 atom stereocenters. The number of benzene rings is 3. The molecule has 0 bridgehead atoms. The molecule has 0 spiro atoms. The quantitative estimate of drug-likeness (QED) is 0.162. The topological polar surface area (TPSA) is 79.3 Å². The van der Waals surface area contributed by atoms with Crippen molar-refractivity contribution in [2.45, 2.75) is 19.6 Å². The lowest BCUT2D eigenvalue weighted by Crippen LogP contribution is -2.35. The van der Waals surface area contributed by atoms with E-state index in [0.717, 1.165) is 11.1 Å². The third kappa shape index (κ3) is 6.56. The first-order valence-electron chi connectivity index (χ1n) is 12.8. The second-order valence-corrected chi connectivity index (χ2v) is 9.77. The van der Waals surface area contributed by atoms with E-state index in [0.29, 0.717) is 48.9 Å². The van der Waals surface area contributed by atoms with Gasteiger partial charge in [0.25, 0.3) is 11.7 Å². The molecule has 1 N–H and O–H groups in total. The van der Waals surface area contributed by atoms with E-state index in [-0.39, 0.29) is 11.3 Å². The average Bonchev–Trinajstić information content (AvgIpc) is 3.19. The number of Topliss-reactive ketones (excluding diaryl/α,β-unsaturated/α-hetero) is 1. The number of aryl methyl sites for hydroxylation is 1. The Morgan fingerprint density at radius 1 is 1.00 bits per heavy atom. The number of aliphatic hydroxyl groups excluding tert-OH is 1. The van der Waals surface area contributed by atoms with Crippen LogP contribution in [0.4, 0.5) is 0 Å². The Hall–Kier alpha value is -4.36. The monoisotopic (exact) mass is 526 g/mol. The van der Waals surface area contributed by atoms with Crippen molar-refractivity contribution >= 4 is 17.4 Å². The molecule has 3 aromatic carbocycles. The summed E-state index contributed by atoms with van der Waals surface area (Å²) in [5, 5.41) is 11.3. The van der Waals surface area contributed by atoms with Crippen molar-refractivity contribution in [3.8, 4) is 11.5 Å². The number of nitrogens with zero attached hydrogens (tertiary/aromatic N) is 2. The van der Waals surface area contributed by atoms with E-state index in [4.69, 9.17) is 9.47 Å².